The summed E-state index contributed by atoms with van der Waals surface area (Å²) in [6, 6.07) is 19.9. The first-order valence-corrected chi connectivity index (χ1v) is 18.4. The second-order valence-corrected chi connectivity index (χ2v) is 18.2. The molecule has 1 heterocycles. The fourth-order valence-corrected chi connectivity index (χ4v) is 10.8. The van der Waals surface area contributed by atoms with Crippen LogP contribution in [0.15, 0.2) is 73.3 Å². The number of benzene rings is 2. The van der Waals surface area contributed by atoms with Gasteiger partial charge in [0.15, 0.2) is 12.4 Å². The van der Waals surface area contributed by atoms with Gasteiger partial charge < -0.3 is 33.7 Å². The number of hydrogen-bond acceptors (Lipinski definition) is 8. The number of hydrogen-bond donors (Lipinski definition) is 2. The molecule has 3 rings (SSSR count). The van der Waals surface area contributed by atoms with E-state index in [-0.39, 0.29) is 24.0 Å². The summed E-state index contributed by atoms with van der Waals surface area (Å²) in [7, 11) is 1.98. The van der Waals surface area contributed by atoms with E-state index in [1.807, 2.05) is 93.5 Å². The zero-order valence-electron chi connectivity index (χ0n) is 29.3. The highest BCUT2D eigenvalue weighted by molar-refractivity contribution is 6.98. The minimum atomic E-state index is -3.15. The van der Waals surface area contributed by atoms with Gasteiger partial charge in [-0.15, -0.1) is 6.58 Å². The third-order valence-corrected chi connectivity index (χ3v) is 14.3. The van der Waals surface area contributed by atoms with Gasteiger partial charge in [-0.2, -0.15) is 0 Å². The third-order valence-electron chi connectivity index (χ3n) is 9.78. The van der Waals surface area contributed by atoms with Crippen molar-refractivity contribution in [3.8, 4) is 0 Å². The maximum Gasteiger partial charge on any atom is 0.508 e. The Labute approximate surface area is 277 Å². The topological polar surface area (TPSA) is 97.7 Å². The molecule has 0 aromatic heterocycles. The summed E-state index contributed by atoms with van der Waals surface area (Å²) in [4.78, 5) is 26.8. The van der Waals surface area contributed by atoms with E-state index in [1.54, 1.807) is 13.0 Å². The summed E-state index contributed by atoms with van der Waals surface area (Å²) < 4.78 is 23.3. The van der Waals surface area contributed by atoms with Crippen molar-refractivity contribution in [1.82, 2.24) is 4.90 Å². The van der Waals surface area contributed by atoms with Gasteiger partial charge in [-0.05, 0) is 68.5 Å². The van der Waals surface area contributed by atoms with Crippen LogP contribution in [0.1, 0.15) is 67.2 Å². The van der Waals surface area contributed by atoms with E-state index < -0.39 is 43.6 Å². The largest absolute Gasteiger partial charge is 0.508 e. The Morgan fingerprint density at radius 1 is 1.09 bits per heavy atom. The molecule has 0 amide bonds. The quantitative estimate of drug-likeness (QED) is 0.148. The lowest BCUT2D eigenvalue weighted by atomic mass is 9.80. The van der Waals surface area contributed by atoms with Crippen LogP contribution in [-0.4, -0.2) is 86.7 Å². The van der Waals surface area contributed by atoms with Gasteiger partial charge in [-0.1, -0.05) is 101 Å². The van der Waals surface area contributed by atoms with Gasteiger partial charge in [-0.3, -0.25) is 0 Å². The number of rotatable bonds is 15. The molecule has 2 aromatic rings. The predicted octanol–water partition coefficient (Wildman–Crippen LogP) is 5.50. The molecule has 0 spiro atoms. The fourth-order valence-electron chi connectivity index (χ4n) is 7.05. The lowest BCUT2D eigenvalue weighted by Crippen LogP contribution is -2.65. The van der Waals surface area contributed by atoms with Gasteiger partial charge in [0.05, 0.1) is 31.0 Å². The standard InChI is InChI=1S/C37H57NO7Si/c1-11-27(3)33(45-34-32(44-35(39)42-10)31(38(8)9)24-28(4)43-34)37(7,40)25-26(2)22-23-36(5,6)46(41,29-18-14-12-15-19-29)30-20-16-13-17-21-30/h11-21,26-28,31-34,40-41H,1,22-25H2,2-10H3/t26-,27-,28+,31-,32+,33+,34?,37+/m0/s1. The van der Waals surface area contributed by atoms with Crippen molar-refractivity contribution in [2.45, 2.75) is 109 Å². The molecule has 8 atom stereocenters. The van der Waals surface area contributed by atoms with Crippen LogP contribution in [0.3, 0.4) is 0 Å². The second kappa shape index (κ2) is 16.0. The summed E-state index contributed by atoms with van der Waals surface area (Å²) in [6.07, 6.45) is 1.08. The molecule has 2 aromatic carbocycles. The van der Waals surface area contributed by atoms with Gasteiger partial charge in [0.2, 0.25) is 0 Å². The van der Waals surface area contributed by atoms with E-state index in [4.69, 9.17) is 18.9 Å². The summed E-state index contributed by atoms with van der Waals surface area (Å²) in [5.41, 5.74) is -1.27. The highest BCUT2D eigenvalue weighted by Gasteiger charge is 2.50. The molecule has 1 unspecified atom stereocenters. The smallest absolute Gasteiger partial charge is 0.438 e. The van der Waals surface area contributed by atoms with E-state index in [0.29, 0.717) is 12.8 Å². The fraction of sp³-hybridized carbons (Fsp3) is 0.595. The van der Waals surface area contributed by atoms with Gasteiger partial charge >= 0.3 is 6.16 Å². The van der Waals surface area contributed by atoms with Crippen LogP contribution in [0.4, 0.5) is 4.79 Å². The number of nitrogens with zero attached hydrogens (tertiary/aromatic N) is 1. The normalized spacial score (nSPS) is 24.0. The first-order valence-electron chi connectivity index (χ1n) is 16.5. The first kappa shape index (κ1) is 37.9. The molecule has 8 nitrogen and oxygen atoms in total. The summed E-state index contributed by atoms with van der Waals surface area (Å²) >= 11 is 0. The van der Waals surface area contributed by atoms with Crippen molar-refractivity contribution < 1.29 is 33.6 Å². The van der Waals surface area contributed by atoms with Crippen LogP contribution < -0.4 is 10.4 Å². The second-order valence-electron chi connectivity index (χ2n) is 14.3. The van der Waals surface area contributed by atoms with Crippen molar-refractivity contribution in [3.63, 3.8) is 0 Å². The van der Waals surface area contributed by atoms with Crippen LogP contribution in [0.25, 0.3) is 0 Å². The molecule has 0 bridgehead atoms. The van der Waals surface area contributed by atoms with Crippen LogP contribution in [0.2, 0.25) is 5.04 Å². The SMILES string of the molecule is C=C[C@H](C)[C@@H](OC1O[C@H](C)C[C@H](N(C)C)[C@H]1OC(=O)OC)[C@](C)(O)C[C@@H](C)CCC(C)(C)[Si](O)(c1ccccc1)c1ccccc1. The van der Waals surface area contributed by atoms with Crippen molar-refractivity contribution in [2.24, 2.45) is 11.8 Å². The molecular weight excluding hydrogens is 598 g/mol. The summed E-state index contributed by atoms with van der Waals surface area (Å²) in [5.74, 6) is -0.130. The highest BCUT2D eigenvalue weighted by Crippen LogP contribution is 2.42. The van der Waals surface area contributed by atoms with Gasteiger partial charge in [0, 0.05) is 5.92 Å². The Hall–Kier alpha value is -2.53. The average molecular weight is 656 g/mol. The number of methoxy groups -OCH3 is 1. The maximum atomic E-state index is 12.6. The minimum Gasteiger partial charge on any atom is -0.438 e. The molecule has 256 valence electrons. The third kappa shape index (κ3) is 8.88. The molecule has 46 heavy (non-hydrogen) atoms. The lowest BCUT2D eigenvalue weighted by molar-refractivity contribution is -0.293. The summed E-state index contributed by atoms with van der Waals surface area (Å²) in [6.45, 7) is 16.2. The van der Waals surface area contributed by atoms with E-state index in [1.165, 1.54) is 7.11 Å². The maximum absolute atomic E-state index is 12.6. The van der Waals surface area contributed by atoms with Crippen LogP contribution in [-0.2, 0) is 18.9 Å². The van der Waals surface area contributed by atoms with E-state index in [0.717, 1.165) is 23.2 Å². The minimum absolute atomic E-state index is 0.102. The van der Waals surface area contributed by atoms with Gasteiger partial charge in [-0.25, -0.2) is 4.79 Å². The zero-order chi connectivity index (χ0) is 34.3. The number of aliphatic hydroxyl groups is 1. The van der Waals surface area contributed by atoms with Gasteiger partial charge in [0.1, 0.15) is 0 Å². The number of ether oxygens (including phenoxy) is 4. The van der Waals surface area contributed by atoms with Crippen molar-refractivity contribution in [2.75, 3.05) is 21.2 Å². The Kier molecular flexibility index (Phi) is 13.2. The van der Waals surface area contributed by atoms with Crippen molar-refractivity contribution in [3.05, 3.63) is 73.3 Å². The number of carbonyl (C=O) groups excluding carboxylic acids is 1. The first-order chi connectivity index (χ1) is 21.6. The predicted molar refractivity (Wildman–Crippen MR) is 186 cm³/mol. The molecule has 0 aliphatic carbocycles. The Bertz CT molecular complexity index is 1200. The zero-order valence-corrected chi connectivity index (χ0v) is 30.3. The number of likely N-dealkylation sites (N-methyl/N-ethyl adjacent to an activating group) is 1. The monoisotopic (exact) mass is 655 g/mol. The molecular formula is C37H57NO7Si. The van der Waals surface area contributed by atoms with E-state index >= 15 is 0 Å². The highest BCUT2D eigenvalue weighted by atomic mass is 28.4. The van der Waals surface area contributed by atoms with E-state index in [2.05, 4.69) is 27.4 Å². The van der Waals surface area contributed by atoms with Crippen molar-refractivity contribution >= 4 is 24.8 Å². The van der Waals surface area contributed by atoms with E-state index in [9.17, 15) is 14.7 Å². The Morgan fingerprint density at radius 2 is 1.63 bits per heavy atom. The van der Waals surface area contributed by atoms with Crippen LogP contribution in [0.5, 0.6) is 0 Å². The summed E-state index contributed by atoms with van der Waals surface area (Å²) in [5, 5.41) is 13.6. The lowest BCUT2D eigenvalue weighted by Gasteiger charge is -2.46. The molecule has 1 aliphatic rings. The molecule has 9 heteroatoms. The van der Waals surface area contributed by atoms with Crippen LogP contribution >= 0.6 is 0 Å². The van der Waals surface area contributed by atoms with Crippen LogP contribution in [0, 0.1) is 11.8 Å². The Balaban J connectivity index is 1.82. The number of carbonyl (C=O) groups is 1. The molecule has 1 aliphatic heterocycles. The van der Waals surface area contributed by atoms with Gasteiger partial charge in [0.25, 0.3) is 8.32 Å². The molecule has 2 N–H and O–H groups in total. The Morgan fingerprint density at radius 3 is 2.11 bits per heavy atom. The average Bonchev–Trinajstić information content (AvgIpc) is 3.03. The molecule has 1 fully saturated rings. The molecule has 0 radical (unpaired) electrons. The molecule has 0 saturated carbocycles. The van der Waals surface area contributed by atoms with Crippen molar-refractivity contribution in [1.29, 1.82) is 0 Å². The molecule has 1 saturated heterocycles.